The fraction of sp³-hybridized carbons (Fsp3) is 0.111. The number of nitrogens with zero attached hydrogens (tertiary/aromatic N) is 2. The molecule has 2 aromatic rings. The normalized spacial score (nSPS) is 12.7. The number of aromatic amines is 1. The number of nitrogens with one attached hydrogen (secondary N) is 1. The molecule has 2 heterocycles. The van der Waals surface area contributed by atoms with Gasteiger partial charge in [-0.15, -0.1) is 0 Å². The summed E-state index contributed by atoms with van der Waals surface area (Å²) in [6.45, 7) is 0. The molecule has 0 radical (unpaired) electrons. The van der Waals surface area contributed by atoms with Crippen molar-refractivity contribution in [2.75, 3.05) is 5.73 Å². The number of nitrogens with two attached hydrogens (primary N) is 1. The van der Waals surface area contributed by atoms with Crippen LogP contribution in [0.2, 0.25) is 5.02 Å². The topological polar surface area (TPSA) is 87.8 Å². The molecule has 0 saturated carbocycles. The van der Waals surface area contributed by atoms with E-state index < -0.39 is 6.10 Å². The third-order valence-electron chi connectivity index (χ3n) is 2.05. The van der Waals surface area contributed by atoms with Gasteiger partial charge in [-0.1, -0.05) is 11.6 Å². The second-order valence-corrected chi connectivity index (χ2v) is 3.50. The first kappa shape index (κ1) is 9.95. The van der Waals surface area contributed by atoms with Crippen molar-refractivity contribution >= 4 is 17.4 Å². The van der Waals surface area contributed by atoms with Crippen LogP contribution in [0.15, 0.2) is 24.7 Å². The smallest absolute Gasteiger partial charge is 0.129 e. The third-order valence-corrected chi connectivity index (χ3v) is 2.25. The van der Waals surface area contributed by atoms with Crippen molar-refractivity contribution in [1.29, 1.82) is 0 Å². The largest absolute Gasteiger partial charge is 0.383 e. The predicted molar refractivity (Wildman–Crippen MR) is 56.3 cm³/mol. The molecule has 6 heteroatoms. The molecule has 0 fully saturated rings. The van der Waals surface area contributed by atoms with Crippen molar-refractivity contribution in [2.24, 2.45) is 0 Å². The number of pyridine rings is 1. The first-order chi connectivity index (χ1) is 7.18. The van der Waals surface area contributed by atoms with Gasteiger partial charge >= 0.3 is 0 Å². The molecule has 1 atom stereocenters. The van der Waals surface area contributed by atoms with E-state index in [2.05, 4.69) is 15.2 Å². The lowest BCUT2D eigenvalue weighted by atomic mass is 10.1. The second-order valence-electron chi connectivity index (χ2n) is 3.06. The fourth-order valence-electron chi connectivity index (χ4n) is 1.27. The Kier molecular flexibility index (Phi) is 2.57. The Hall–Kier alpha value is -1.59. The van der Waals surface area contributed by atoms with E-state index in [0.717, 1.165) is 0 Å². The van der Waals surface area contributed by atoms with E-state index in [4.69, 9.17) is 17.3 Å². The quantitative estimate of drug-likeness (QED) is 0.713. The zero-order chi connectivity index (χ0) is 10.8. The molecule has 0 aliphatic heterocycles. The minimum absolute atomic E-state index is 0.258. The summed E-state index contributed by atoms with van der Waals surface area (Å²) in [7, 11) is 0. The van der Waals surface area contributed by atoms with Crippen LogP contribution in [0.4, 0.5) is 5.82 Å². The summed E-state index contributed by atoms with van der Waals surface area (Å²) in [6, 6.07) is 1.58. The molecular weight excluding hydrogens is 216 g/mol. The first-order valence-corrected chi connectivity index (χ1v) is 4.64. The summed E-state index contributed by atoms with van der Waals surface area (Å²) in [5, 5.41) is 16.7. The Morgan fingerprint density at radius 3 is 2.93 bits per heavy atom. The second kappa shape index (κ2) is 3.88. The van der Waals surface area contributed by atoms with Crippen molar-refractivity contribution in [1.82, 2.24) is 15.2 Å². The summed E-state index contributed by atoms with van der Waals surface area (Å²) in [4.78, 5) is 3.86. The summed E-state index contributed by atoms with van der Waals surface area (Å²) in [5.41, 5.74) is 6.73. The molecule has 0 aliphatic carbocycles. The number of rotatable bonds is 2. The molecule has 0 aliphatic rings. The van der Waals surface area contributed by atoms with E-state index in [9.17, 15) is 5.11 Å². The zero-order valence-electron chi connectivity index (χ0n) is 7.68. The van der Waals surface area contributed by atoms with E-state index in [-0.39, 0.29) is 5.82 Å². The van der Waals surface area contributed by atoms with Gasteiger partial charge in [-0.25, -0.2) is 4.98 Å². The Bertz CT molecular complexity index is 457. The monoisotopic (exact) mass is 224 g/mol. The number of nitrogen functional groups attached to an aromatic ring is 1. The Morgan fingerprint density at radius 1 is 1.47 bits per heavy atom. The van der Waals surface area contributed by atoms with Crippen molar-refractivity contribution in [3.63, 3.8) is 0 Å². The van der Waals surface area contributed by atoms with Crippen LogP contribution in [0.5, 0.6) is 0 Å². The lowest BCUT2D eigenvalue weighted by Gasteiger charge is -2.10. The van der Waals surface area contributed by atoms with Crippen LogP contribution in [0.3, 0.4) is 0 Å². The molecule has 5 nitrogen and oxygen atoms in total. The number of H-pyrrole nitrogens is 1. The maximum absolute atomic E-state index is 9.95. The molecule has 15 heavy (non-hydrogen) atoms. The molecule has 0 amide bonds. The molecule has 1 unspecified atom stereocenters. The lowest BCUT2D eigenvalue weighted by molar-refractivity contribution is 0.221. The Morgan fingerprint density at radius 2 is 2.27 bits per heavy atom. The molecule has 0 spiro atoms. The SMILES string of the molecule is Nc1ncc(Cl)cc1C(O)c1cn[nH]c1. The number of aliphatic hydroxyl groups excluding tert-OH is 1. The highest BCUT2D eigenvalue weighted by atomic mass is 35.5. The van der Waals surface area contributed by atoms with Crippen LogP contribution in [-0.2, 0) is 0 Å². The van der Waals surface area contributed by atoms with Crippen LogP contribution in [0.25, 0.3) is 0 Å². The minimum Gasteiger partial charge on any atom is -0.383 e. The zero-order valence-corrected chi connectivity index (χ0v) is 8.44. The van der Waals surface area contributed by atoms with E-state index >= 15 is 0 Å². The van der Waals surface area contributed by atoms with Gasteiger partial charge in [0, 0.05) is 23.5 Å². The van der Waals surface area contributed by atoms with Crippen LogP contribution in [0.1, 0.15) is 17.2 Å². The summed E-state index contributed by atoms with van der Waals surface area (Å²) < 4.78 is 0. The van der Waals surface area contributed by atoms with Gasteiger partial charge in [-0.05, 0) is 6.07 Å². The molecule has 0 saturated heterocycles. The van der Waals surface area contributed by atoms with Crippen LogP contribution in [0, 0.1) is 0 Å². The maximum Gasteiger partial charge on any atom is 0.129 e. The average molecular weight is 225 g/mol. The number of hydrogen-bond acceptors (Lipinski definition) is 4. The van der Waals surface area contributed by atoms with Crippen LogP contribution >= 0.6 is 11.6 Å². The van der Waals surface area contributed by atoms with Crippen molar-refractivity contribution < 1.29 is 5.11 Å². The minimum atomic E-state index is -0.866. The number of aliphatic hydroxyl groups is 1. The van der Waals surface area contributed by atoms with Gasteiger partial charge in [-0.3, -0.25) is 5.10 Å². The lowest BCUT2D eigenvalue weighted by Crippen LogP contribution is -2.04. The Balaban J connectivity index is 2.41. The predicted octanol–water partition coefficient (Wildman–Crippen LogP) is 1.12. The van der Waals surface area contributed by atoms with Gasteiger partial charge in [0.2, 0.25) is 0 Å². The molecule has 0 bridgehead atoms. The van der Waals surface area contributed by atoms with Gasteiger partial charge in [0.15, 0.2) is 0 Å². The average Bonchev–Trinajstić information content (AvgIpc) is 2.74. The molecule has 0 aromatic carbocycles. The Labute approximate surface area is 90.9 Å². The maximum atomic E-state index is 9.95. The van der Waals surface area contributed by atoms with Gasteiger partial charge in [0.1, 0.15) is 11.9 Å². The summed E-state index contributed by atoms with van der Waals surface area (Å²) in [5.74, 6) is 0.258. The van der Waals surface area contributed by atoms with Crippen molar-refractivity contribution in [3.05, 3.63) is 40.8 Å². The third kappa shape index (κ3) is 1.93. The van der Waals surface area contributed by atoms with E-state index in [1.165, 1.54) is 12.4 Å². The van der Waals surface area contributed by atoms with Crippen LogP contribution < -0.4 is 5.73 Å². The van der Waals surface area contributed by atoms with Crippen molar-refractivity contribution in [3.8, 4) is 0 Å². The van der Waals surface area contributed by atoms with Gasteiger partial charge in [0.25, 0.3) is 0 Å². The highest BCUT2D eigenvalue weighted by Crippen LogP contribution is 2.26. The van der Waals surface area contributed by atoms with E-state index in [0.29, 0.717) is 16.1 Å². The number of anilines is 1. The number of hydrogen-bond donors (Lipinski definition) is 3. The molecule has 2 rings (SSSR count). The molecule has 2 aromatic heterocycles. The molecular formula is C9H9ClN4O. The number of halogens is 1. The standard InChI is InChI=1S/C9H9ClN4O/c10-6-1-7(9(11)12-4-6)8(15)5-2-13-14-3-5/h1-4,8,15H,(H2,11,12)(H,13,14). The van der Waals surface area contributed by atoms with Crippen LogP contribution in [-0.4, -0.2) is 20.3 Å². The van der Waals surface area contributed by atoms with Gasteiger partial charge in [-0.2, -0.15) is 5.10 Å². The fourth-order valence-corrected chi connectivity index (χ4v) is 1.44. The van der Waals surface area contributed by atoms with Gasteiger partial charge < -0.3 is 10.8 Å². The molecule has 78 valence electrons. The number of aromatic nitrogens is 3. The van der Waals surface area contributed by atoms with E-state index in [1.54, 1.807) is 12.3 Å². The van der Waals surface area contributed by atoms with E-state index in [1.807, 2.05) is 0 Å². The first-order valence-electron chi connectivity index (χ1n) is 4.26. The highest BCUT2D eigenvalue weighted by molar-refractivity contribution is 6.30. The highest BCUT2D eigenvalue weighted by Gasteiger charge is 2.15. The summed E-state index contributed by atoms with van der Waals surface area (Å²) in [6.07, 6.45) is 3.67. The molecule has 4 N–H and O–H groups in total. The summed E-state index contributed by atoms with van der Waals surface area (Å²) >= 11 is 5.77. The van der Waals surface area contributed by atoms with Gasteiger partial charge in [0.05, 0.1) is 11.2 Å². The van der Waals surface area contributed by atoms with Crippen molar-refractivity contribution in [2.45, 2.75) is 6.10 Å².